The van der Waals surface area contributed by atoms with Gasteiger partial charge in [0.25, 0.3) is 5.91 Å². The Kier molecular flexibility index (Phi) is 10.5. The number of nitrogens with two attached hydrogens (primary N) is 1. The van der Waals surface area contributed by atoms with Gasteiger partial charge in [0.1, 0.15) is 11.9 Å². The van der Waals surface area contributed by atoms with Crippen LogP contribution >= 0.6 is 31.9 Å². The van der Waals surface area contributed by atoms with Crippen LogP contribution in [0.2, 0.25) is 0 Å². The maximum Gasteiger partial charge on any atom is 0.414 e. The summed E-state index contributed by atoms with van der Waals surface area (Å²) in [5.74, 6) is -1.30. The van der Waals surface area contributed by atoms with Gasteiger partial charge in [-0.1, -0.05) is 59.3 Å². The summed E-state index contributed by atoms with van der Waals surface area (Å²) in [4.78, 5) is 37.3. The maximum atomic E-state index is 12.7. The van der Waals surface area contributed by atoms with Gasteiger partial charge in [-0.15, -0.1) is 0 Å². The van der Waals surface area contributed by atoms with Crippen LogP contribution in [0.4, 0.5) is 16.2 Å². The normalized spacial score (nSPS) is 12.5. The van der Waals surface area contributed by atoms with Gasteiger partial charge in [0.2, 0.25) is 5.91 Å². The maximum absolute atomic E-state index is 12.7. The summed E-state index contributed by atoms with van der Waals surface area (Å²) in [5.41, 5.74) is 7.51. The molecular formula is C28H27Br2N3O5. The summed E-state index contributed by atoms with van der Waals surface area (Å²) >= 11 is 6.71. The first-order valence-electron chi connectivity index (χ1n) is 11.7. The highest BCUT2D eigenvalue weighted by Gasteiger charge is 2.28. The number of allylic oxidation sites excluding steroid dienone is 1. The van der Waals surface area contributed by atoms with Gasteiger partial charge in [0.05, 0.1) is 15.8 Å². The summed E-state index contributed by atoms with van der Waals surface area (Å²) < 4.78 is 6.74. The molecule has 0 aliphatic rings. The van der Waals surface area contributed by atoms with Crippen molar-refractivity contribution in [2.75, 3.05) is 11.1 Å². The van der Waals surface area contributed by atoms with Crippen molar-refractivity contribution in [1.82, 2.24) is 5.32 Å². The SMILES string of the molecule is C[C@H](CC/C=C/C(=O)Nc1ccccc1N)[C@@H](OC(=O)NC(=O)c1ccccc1)c1cc(Br)cc(Br)c1O. The van der Waals surface area contributed by atoms with E-state index in [9.17, 15) is 19.5 Å². The molecule has 0 unspecified atom stereocenters. The second-order valence-corrected chi connectivity index (χ2v) is 10.3. The van der Waals surface area contributed by atoms with Gasteiger partial charge >= 0.3 is 6.09 Å². The van der Waals surface area contributed by atoms with E-state index in [2.05, 4.69) is 42.5 Å². The number of hydrogen-bond acceptors (Lipinski definition) is 6. The molecule has 0 aliphatic heterocycles. The summed E-state index contributed by atoms with van der Waals surface area (Å²) in [6, 6.07) is 18.6. The number of para-hydroxylation sites is 2. The largest absolute Gasteiger partial charge is 0.506 e. The van der Waals surface area contributed by atoms with Gasteiger partial charge < -0.3 is 20.9 Å². The number of alkyl carbamates (subject to hydrolysis) is 1. The lowest BCUT2D eigenvalue weighted by atomic mass is 9.92. The highest BCUT2D eigenvalue weighted by Crippen LogP contribution is 2.40. The number of nitrogens with one attached hydrogen (secondary N) is 2. The predicted octanol–water partition coefficient (Wildman–Crippen LogP) is 6.72. The van der Waals surface area contributed by atoms with Crippen molar-refractivity contribution in [3.8, 4) is 5.75 Å². The lowest BCUT2D eigenvalue weighted by Crippen LogP contribution is -2.33. The zero-order valence-corrected chi connectivity index (χ0v) is 23.7. The van der Waals surface area contributed by atoms with Crippen LogP contribution < -0.4 is 16.4 Å². The van der Waals surface area contributed by atoms with Crippen LogP contribution in [0.25, 0.3) is 0 Å². The fourth-order valence-electron chi connectivity index (χ4n) is 3.67. The molecule has 2 atom stereocenters. The van der Waals surface area contributed by atoms with Crippen LogP contribution in [-0.4, -0.2) is 23.0 Å². The fraction of sp³-hybridized carbons (Fsp3) is 0.179. The molecule has 3 aromatic rings. The van der Waals surface area contributed by atoms with Gasteiger partial charge in [-0.25, -0.2) is 4.79 Å². The Balaban J connectivity index is 1.69. The lowest BCUT2D eigenvalue weighted by Gasteiger charge is -2.25. The number of anilines is 2. The number of rotatable bonds is 9. The number of phenols is 1. The Morgan fingerprint density at radius 1 is 1.05 bits per heavy atom. The average Bonchev–Trinajstić information content (AvgIpc) is 2.89. The Labute approximate surface area is 237 Å². The van der Waals surface area contributed by atoms with Crippen molar-refractivity contribution >= 4 is 61.1 Å². The Morgan fingerprint density at radius 3 is 2.45 bits per heavy atom. The molecule has 3 aromatic carbocycles. The molecule has 0 saturated carbocycles. The first kappa shape index (κ1) is 28.9. The van der Waals surface area contributed by atoms with Crippen LogP contribution in [0.15, 0.2) is 87.8 Å². The third kappa shape index (κ3) is 8.19. The second-order valence-electron chi connectivity index (χ2n) is 8.51. The molecule has 0 saturated heterocycles. The summed E-state index contributed by atoms with van der Waals surface area (Å²) in [5, 5.41) is 15.6. The first-order valence-corrected chi connectivity index (χ1v) is 13.3. The number of amides is 3. The summed E-state index contributed by atoms with van der Waals surface area (Å²) in [6.07, 6.45) is 2.27. The smallest absolute Gasteiger partial charge is 0.414 e. The number of hydrogen-bond donors (Lipinski definition) is 4. The Bertz CT molecular complexity index is 1330. The number of ether oxygens (including phenoxy) is 1. The Morgan fingerprint density at radius 2 is 1.74 bits per heavy atom. The summed E-state index contributed by atoms with van der Waals surface area (Å²) in [6.45, 7) is 1.85. The molecule has 3 rings (SSSR count). The Hall–Kier alpha value is -3.63. The van der Waals surface area contributed by atoms with Gasteiger partial charge in [-0.3, -0.25) is 14.9 Å². The van der Waals surface area contributed by atoms with E-state index in [1.807, 2.05) is 6.92 Å². The molecule has 5 N–H and O–H groups in total. The van der Waals surface area contributed by atoms with E-state index >= 15 is 0 Å². The average molecular weight is 645 g/mol. The summed E-state index contributed by atoms with van der Waals surface area (Å²) in [7, 11) is 0. The molecule has 0 fully saturated rings. The topological polar surface area (TPSA) is 131 Å². The van der Waals surface area contributed by atoms with E-state index in [1.165, 1.54) is 6.08 Å². The van der Waals surface area contributed by atoms with Crippen LogP contribution in [0.1, 0.15) is 41.8 Å². The van der Waals surface area contributed by atoms with Crippen molar-refractivity contribution in [3.05, 3.63) is 99.0 Å². The van der Waals surface area contributed by atoms with Crippen LogP contribution in [0.3, 0.4) is 0 Å². The van der Waals surface area contributed by atoms with Gasteiger partial charge in [0.15, 0.2) is 0 Å². The van der Waals surface area contributed by atoms with Crippen molar-refractivity contribution in [2.45, 2.75) is 25.9 Å². The van der Waals surface area contributed by atoms with E-state index < -0.39 is 18.1 Å². The number of phenolic OH excluding ortho intramolecular Hbond substituents is 1. The van der Waals surface area contributed by atoms with Crippen LogP contribution in [-0.2, 0) is 9.53 Å². The van der Waals surface area contributed by atoms with Crippen LogP contribution in [0, 0.1) is 5.92 Å². The quantitative estimate of drug-likeness (QED) is 0.151. The van der Waals surface area contributed by atoms with Gasteiger partial charge in [-0.2, -0.15) is 0 Å². The van der Waals surface area contributed by atoms with Gasteiger partial charge in [0, 0.05) is 15.6 Å². The van der Waals surface area contributed by atoms with Crippen molar-refractivity contribution in [2.24, 2.45) is 5.92 Å². The molecule has 8 nitrogen and oxygen atoms in total. The van der Waals surface area contributed by atoms with E-state index in [0.717, 1.165) is 0 Å². The zero-order chi connectivity index (χ0) is 27.7. The molecular weight excluding hydrogens is 618 g/mol. The van der Waals surface area contributed by atoms with E-state index in [0.29, 0.717) is 44.3 Å². The highest BCUT2D eigenvalue weighted by atomic mass is 79.9. The second kappa shape index (κ2) is 13.8. The molecule has 0 aromatic heterocycles. The highest BCUT2D eigenvalue weighted by molar-refractivity contribution is 9.11. The molecule has 10 heteroatoms. The zero-order valence-electron chi connectivity index (χ0n) is 20.5. The van der Waals surface area contributed by atoms with Crippen LogP contribution in [0.5, 0.6) is 5.75 Å². The van der Waals surface area contributed by atoms with E-state index in [-0.39, 0.29) is 17.6 Å². The van der Waals surface area contributed by atoms with Gasteiger partial charge in [-0.05, 0) is 77.2 Å². The number of nitrogen functional groups attached to an aromatic ring is 1. The van der Waals surface area contributed by atoms with Crippen molar-refractivity contribution in [3.63, 3.8) is 0 Å². The number of imide groups is 1. The fourth-order valence-corrected chi connectivity index (χ4v) is 4.93. The molecule has 0 bridgehead atoms. The molecule has 198 valence electrons. The third-order valence-electron chi connectivity index (χ3n) is 5.64. The minimum Gasteiger partial charge on any atom is -0.506 e. The molecule has 0 radical (unpaired) electrons. The number of carbonyl (C=O) groups is 3. The van der Waals surface area contributed by atoms with E-state index in [1.54, 1.807) is 72.8 Å². The monoisotopic (exact) mass is 643 g/mol. The minimum absolute atomic E-state index is 0.0809. The number of halogens is 2. The van der Waals surface area contributed by atoms with Crippen molar-refractivity contribution in [1.29, 1.82) is 0 Å². The minimum atomic E-state index is -0.943. The van der Waals surface area contributed by atoms with Crippen molar-refractivity contribution < 1.29 is 24.2 Å². The number of benzene rings is 3. The molecule has 0 spiro atoms. The number of aromatic hydroxyl groups is 1. The molecule has 38 heavy (non-hydrogen) atoms. The molecule has 0 aliphatic carbocycles. The first-order chi connectivity index (χ1) is 18.2. The van der Waals surface area contributed by atoms with E-state index in [4.69, 9.17) is 10.5 Å². The third-order valence-corrected chi connectivity index (χ3v) is 6.71. The molecule has 3 amide bonds. The standard InChI is InChI=1S/C28H27Br2N3O5/c1-17(9-5-8-14-24(34)32-23-13-7-6-12-22(23)31)26(20-15-19(29)16-21(30)25(20)35)38-28(37)33-27(36)18-10-3-2-4-11-18/h2-4,6-8,10-17,26,35H,5,9,31H2,1H3,(H,32,34)(H,33,36,37)/b14-8+/t17-,26-/m1/s1. The molecule has 0 heterocycles. The lowest BCUT2D eigenvalue weighted by molar-refractivity contribution is -0.111. The number of carbonyl (C=O) groups excluding carboxylic acids is 3. The predicted molar refractivity (Wildman–Crippen MR) is 154 cm³/mol.